The number of benzene rings is 2. The van der Waals surface area contributed by atoms with Gasteiger partial charge in [0.2, 0.25) is 0 Å². The highest BCUT2D eigenvalue weighted by Crippen LogP contribution is 2.28. The van der Waals surface area contributed by atoms with Crippen molar-refractivity contribution >= 4 is 10.9 Å². The number of hydrogen-bond acceptors (Lipinski definition) is 5. The van der Waals surface area contributed by atoms with Gasteiger partial charge < -0.3 is 14.5 Å². The monoisotopic (exact) mass is 373 g/mol. The van der Waals surface area contributed by atoms with Gasteiger partial charge in [-0.3, -0.25) is 9.78 Å². The van der Waals surface area contributed by atoms with E-state index >= 15 is 0 Å². The molecule has 2 aromatic carbocycles. The Bertz CT molecular complexity index is 1170. The molecule has 1 N–H and O–H groups in total. The van der Waals surface area contributed by atoms with Gasteiger partial charge in [0.05, 0.1) is 19.7 Å². The smallest absolute Gasteiger partial charge is 0.262 e. The van der Waals surface area contributed by atoms with E-state index in [9.17, 15) is 4.79 Å². The second-order valence-corrected chi connectivity index (χ2v) is 6.37. The molecule has 6 heteroatoms. The molecule has 0 aliphatic rings. The lowest BCUT2D eigenvalue weighted by Crippen LogP contribution is -2.11. The molecule has 0 spiro atoms. The normalized spacial score (nSPS) is 10.8. The van der Waals surface area contributed by atoms with E-state index in [2.05, 4.69) is 15.0 Å². The Labute approximate surface area is 161 Å². The zero-order chi connectivity index (χ0) is 19.5. The lowest BCUT2D eigenvalue weighted by molar-refractivity contribution is 0.397. The van der Waals surface area contributed by atoms with Crippen LogP contribution in [0.1, 0.15) is 11.1 Å². The fourth-order valence-corrected chi connectivity index (χ4v) is 3.14. The molecule has 0 saturated carbocycles. The average molecular weight is 373 g/mol. The molecule has 0 aliphatic heterocycles. The molecule has 0 bridgehead atoms. The number of rotatable bonds is 5. The number of fused-ring (bicyclic) bond motifs is 1. The summed E-state index contributed by atoms with van der Waals surface area (Å²) in [5.74, 6) is 1.52. The third-order valence-electron chi connectivity index (χ3n) is 4.59. The number of methoxy groups -OCH3 is 2. The van der Waals surface area contributed by atoms with Gasteiger partial charge in [0, 0.05) is 30.1 Å². The molecule has 4 aromatic rings. The molecule has 0 amide bonds. The van der Waals surface area contributed by atoms with Crippen molar-refractivity contribution in [3.05, 3.63) is 82.4 Å². The Kier molecular flexibility index (Phi) is 4.76. The van der Waals surface area contributed by atoms with E-state index in [1.54, 1.807) is 31.6 Å². The minimum absolute atomic E-state index is 0.250. The van der Waals surface area contributed by atoms with Gasteiger partial charge in [0.15, 0.2) is 0 Å². The molecule has 28 heavy (non-hydrogen) atoms. The highest BCUT2D eigenvalue weighted by molar-refractivity contribution is 5.87. The largest absolute Gasteiger partial charge is 0.497 e. The Morgan fingerprint density at radius 3 is 2.32 bits per heavy atom. The van der Waals surface area contributed by atoms with E-state index in [1.807, 2.05) is 36.4 Å². The lowest BCUT2D eigenvalue weighted by atomic mass is 10.0. The maximum absolute atomic E-state index is 12.6. The summed E-state index contributed by atoms with van der Waals surface area (Å²) in [6.45, 7) is 0. The maximum Gasteiger partial charge on any atom is 0.262 e. The van der Waals surface area contributed by atoms with Crippen molar-refractivity contribution in [2.45, 2.75) is 6.42 Å². The number of pyridine rings is 1. The van der Waals surface area contributed by atoms with Crippen molar-refractivity contribution in [1.29, 1.82) is 0 Å². The van der Waals surface area contributed by atoms with Crippen LogP contribution in [-0.2, 0) is 6.42 Å². The summed E-state index contributed by atoms with van der Waals surface area (Å²) in [7, 11) is 3.08. The van der Waals surface area contributed by atoms with Gasteiger partial charge in [-0.1, -0.05) is 24.3 Å². The minimum Gasteiger partial charge on any atom is -0.497 e. The number of ether oxygens (including phenoxy) is 2. The van der Waals surface area contributed by atoms with Crippen molar-refractivity contribution in [2.75, 3.05) is 14.2 Å². The van der Waals surface area contributed by atoms with Gasteiger partial charge in [0.25, 0.3) is 5.56 Å². The first-order valence-electron chi connectivity index (χ1n) is 8.82. The number of nitrogens with zero attached hydrogens (tertiary/aromatic N) is 2. The van der Waals surface area contributed by atoms with Crippen LogP contribution in [0.15, 0.2) is 65.7 Å². The molecular formula is C22H19N3O3. The van der Waals surface area contributed by atoms with Crippen molar-refractivity contribution in [3.63, 3.8) is 0 Å². The zero-order valence-electron chi connectivity index (χ0n) is 15.6. The Morgan fingerprint density at radius 2 is 1.64 bits per heavy atom. The lowest BCUT2D eigenvalue weighted by Gasteiger charge is -2.09. The topological polar surface area (TPSA) is 77.1 Å². The molecule has 0 atom stereocenters. The molecule has 0 fully saturated rings. The Balaban J connectivity index is 1.71. The van der Waals surface area contributed by atoms with Crippen LogP contribution < -0.4 is 15.0 Å². The van der Waals surface area contributed by atoms with Crippen LogP contribution in [0.2, 0.25) is 0 Å². The Hall–Kier alpha value is -3.67. The first-order chi connectivity index (χ1) is 13.7. The van der Waals surface area contributed by atoms with Crippen LogP contribution in [0.3, 0.4) is 0 Å². The molecule has 4 rings (SSSR count). The van der Waals surface area contributed by atoms with E-state index in [4.69, 9.17) is 9.47 Å². The van der Waals surface area contributed by atoms with Crippen LogP contribution in [0.25, 0.3) is 22.3 Å². The summed E-state index contributed by atoms with van der Waals surface area (Å²) in [5, 5.41) is 0.404. The predicted octanol–water partition coefficient (Wildman–Crippen LogP) is 3.59. The standard InChI is InChI=1S/C22H19N3O3/c1-27-17-12-18-20(19(13-17)28-2)22(26)25-21(24-18)16-5-3-14(4-6-16)11-15-7-9-23-10-8-15/h3-10,12-13H,11H2,1-2H3,(H,24,25,26). The fraction of sp³-hybridized carbons (Fsp3) is 0.136. The summed E-state index contributed by atoms with van der Waals surface area (Å²) < 4.78 is 10.6. The highest BCUT2D eigenvalue weighted by Gasteiger charge is 2.13. The van der Waals surface area contributed by atoms with E-state index in [0.717, 1.165) is 12.0 Å². The van der Waals surface area contributed by atoms with Crippen LogP contribution in [-0.4, -0.2) is 29.2 Å². The highest BCUT2D eigenvalue weighted by atomic mass is 16.5. The van der Waals surface area contributed by atoms with Crippen LogP contribution in [0.4, 0.5) is 0 Å². The van der Waals surface area contributed by atoms with Gasteiger partial charge >= 0.3 is 0 Å². The number of hydrogen-bond donors (Lipinski definition) is 1. The average Bonchev–Trinajstić information content (AvgIpc) is 2.74. The molecule has 0 aliphatic carbocycles. The van der Waals surface area contributed by atoms with E-state index < -0.39 is 0 Å². The maximum atomic E-state index is 12.6. The minimum atomic E-state index is -0.250. The summed E-state index contributed by atoms with van der Waals surface area (Å²) in [4.78, 5) is 24.1. The first kappa shape index (κ1) is 17.7. The van der Waals surface area contributed by atoms with Crippen LogP contribution >= 0.6 is 0 Å². The van der Waals surface area contributed by atoms with Gasteiger partial charge in [-0.25, -0.2) is 4.98 Å². The summed E-state index contributed by atoms with van der Waals surface area (Å²) in [6.07, 6.45) is 4.39. The summed E-state index contributed by atoms with van der Waals surface area (Å²) >= 11 is 0. The van der Waals surface area contributed by atoms with Gasteiger partial charge in [0.1, 0.15) is 22.7 Å². The number of nitrogens with one attached hydrogen (secondary N) is 1. The van der Waals surface area contributed by atoms with Crippen molar-refractivity contribution in [2.24, 2.45) is 0 Å². The van der Waals surface area contributed by atoms with Gasteiger partial charge in [-0.2, -0.15) is 0 Å². The van der Waals surface area contributed by atoms with Crippen LogP contribution in [0, 0.1) is 0 Å². The Morgan fingerprint density at radius 1 is 0.929 bits per heavy atom. The van der Waals surface area contributed by atoms with Crippen molar-refractivity contribution in [1.82, 2.24) is 15.0 Å². The van der Waals surface area contributed by atoms with Crippen molar-refractivity contribution < 1.29 is 9.47 Å². The van der Waals surface area contributed by atoms with Gasteiger partial charge in [-0.15, -0.1) is 0 Å². The molecule has 0 unspecified atom stereocenters. The number of H-pyrrole nitrogens is 1. The van der Waals surface area contributed by atoms with Crippen molar-refractivity contribution in [3.8, 4) is 22.9 Å². The number of aromatic nitrogens is 3. The molecule has 140 valence electrons. The molecular weight excluding hydrogens is 354 g/mol. The zero-order valence-corrected chi connectivity index (χ0v) is 15.6. The molecule has 2 aromatic heterocycles. The second kappa shape index (κ2) is 7.52. The number of aromatic amines is 1. The van der Waals surface area contributed by atoms with E-state index in [-0.39, 0.29) is 5.56 Å². The van der Waals surface area contributed by atoms with Gasteiger partial charge in [-0.05, 0) is 29.7 Å². The molecule has 0 saturated heterocycles. The summed E-state index contributed by atoms with van der Waals surface area (Å²) in [5.41, 5.74) is 3.47. The first-order valence-corrected chi connectivity index (χ1v) is 8.82. The molecule has 2 heterocycles. The third-order valence-corrected chi connectivity index (χ3v) is 4.59. The quantitative estimate of drug-likeness (QED) is 0.578. The SMILES string of the molecule is COc1cc(OC)c2c(=O)[nH]c(-c3ccc(Cc4ccncc4)cc3)nc2c1. The third kappa shape index (κ3) is 3.44. The second-order valence-electron chi connectivity index (χ2n) is 6.37. The predicted molar refractivity (Wildman–Crippen MR) is 108 cm³/mol. The van der Waals surface area contributed by atoms with E-state index in [1.165, 1.54) is 18.2 Å². The fourth-order valence-electron chi connectivity index (χ4n) is 3.14. The van der Waals surface area contributed by atoms with Crippen LogP contribution in [0.5, 0.6) is 11.5 Å². The molecule has 0 radical (unpaired) electrons. The van der Waals surface area contributed by atoms with E-state index in [0.29, 0.717) is 28.2 Å². The summed E-state index contributed by atoms with van der Waals surface area (Å²) in [6, 6.07) is 15.4. The molecule has 6 nitrogen and oxygen atoms in total.